The molecule has 110 valence electrons. The molecule has 0 radical (unpaired) electrons. The Morgan fingerprint density at radius 2 is 2.00 bits per heavy atom. The van der Waals surface area contributed by atoms with Crippen molar-refractivity contribution in [2.45, 2.75) is 24.5 Å². The lowest BCUT2D eigenvalue weighted by molar-refractivity contribution is -0.0511. The number of ether oxygens (including phenoxy) is 1. The van der Waals surface area contributed by atoms with Crippen LogP contribution in [-0.4, -0.2) is 65.2 Å². The Kier molecular flexibility index (Phi) is 3.83. The molecule has 1 fully saturated rings. The number of nitrogens with zero attached hydrogens (tertiary/aromatic N) is 4. The van der Waals surface area contributed by atoms with Crippen LogP contribution in [0.5, 0.6) is 0 Å². The van der Waals surface area contributed by atoms with Crippen LogP contribution in [-0.2, 0) is 4.74 Å². The van der Waals surface area contributed by atoms with Crippen molar-refractivity contribution in [2.75, 3.05) is 12.3 Å². The van der Waals surface area contributed by atoms with E-state index < -0.39 is 31.1 Å². The second kappa shape index (κ2) is 5.26. The minimum atomic E-state index is -1.19. The first-order chi connectivity index (χ1) is 9.13. The van der Waals surface area contributed by atoms with Crippen LogP contribution < -0.4 is 5.73 Å². The molecule has 1 saturated heterocycles. The van der Waals surface area contributed by atoms with E-state index in [1.165, 1.54) is 17.2 Å². The van der Waals surface area contributed by atoms with E-state index in [0.717, 1.165) is 0 Å². The van der Waals surface area contributed by atoms with E-state index in [4.69, 9.17) is 15.6 Å². The van der Waals surface area contributed by atoms with Gasteiger partial charge in [-0.05, 0) is 0 Å². The summed E-state index contributed by atoms with van der Waals surface area (Å²) in [5.41, 5.74) is 6.44. The molecule has 0 amide bonds. The molecule has 2 aromatic rings. The van der Waals surface area contributed by atoms with Crippen molar-refractivity contribution in [3.8, 4) is 0 Å². The fraction of sp³-hybridized carbons (Fsp3) is 0.500. The van der Waals surface area contributed by atoms with Crippen LogP contribution in [0.15, 0.2) is 12.7 Å². The number of aromatic nitrogens is 4. The summed E-state index contributed by atoms with van der Waals surface area (Å²) in [4.78, 5) is 11.9. The predicted molar refractivity (Wildman–Crippen MR) is 66.4 cm³/mol. The lowest BCUT2D eigenvalue weighted by Crippen LogP contribution is -2.33. The van der Waals surface area contributed by atoms with Crippen LogP contribution >= 0.6 is 0 Å². The Balaban J connectivity index is 0.00000147. The number of nitrogen functional groups attached to an aromatic ring is 1. The van der Waals surface area contributed by atoms with Gasteiger partial charge in [-0.3, -0.25) is 4.57 Å². The quantitative estimate of drug-likeness (QED) is 0.458. The van der Waals surface area contributed by atoms with Crippen LogP contribution in [0.4, 0.5) is 5.82 Å². The first-order valence-electron chi connectivity index (χ1n) is 5.69. The molecule has 4 atom stereocenters. The lowest BCUT2D eigenvalue weighted by Gasteiger charge is -2.16. The van der Waals surface area contributed by atoms with Crippen molar-refractivity contribution in [1.82, 2.24) is 19.5 Å². The van der Waals surface area contributed by atoms with E-state index >= 15 is 0 Å². The first kappa shape index (κ1) is 14.6. The SMILES string of the molecule is Nc1ncnc2c1ncn2[C@@H]1O[C@H](CO)C(O)C1O.O. The van der Waals surface area contributed by atoms with Gasteiger partial charge < -0.3 is 31.3 Å². The van der Waals surface area contributed by atoms with Gasteiger partial charge in [-0.2, -0.15) is 0 Å². The molecular weight excluding hydrogens is 270 g/mol. The number of rotatable bonds is 2. The molecule has 2 unspecified atom stereocenters. The first-order valence-corrected chi connectivity index (χ1v) is 5.69. The summed E-state index contributed by atoms with van der Waals surface area (Å²) >= 11 is 0. The zero-order chi connectivity index (χ0) is 13.6. The smallest absolute Gasteiger partial charge is 0.167 e. The Morgan fingerprint density at radius 1 is 1.25 bits per heavy atom. The van der Waals surface area contributed by atoms with Crippen molar-refractivity contribution in [3.05, 3.63) is 12.7 Å². The number of anilines is 1. The summed E-state index contributed by atoms with van der Waals surface area (Å²) in [7, 11) is 0. The topological polar surface area (TPSA) is 171 Å². The number of fused-ring (bicyclic) bond motifs is 1. The van der Waals surface area contributed by atoms with Crippen LogP contribution in [0.1, 0.15) is 6.23 Å². The second-order valence-electron chi connectivity index (χ2n) is 4.31. The molecular formula is C10H15N5O5. The summed E-state index contributed by atoms with van der Waals surface area (Å²) in [6.45, 7) is -0.390. The van der Waals surface area contributed by atoms with E-state index in [9.17, 15) is 10.2 Å². The third kappa shape index (κ3) is 1.99. The fourth-order valence-electron chi connectivity index (χ4n) is 2.17. The molecule has 20 heavy (non-hydrogen) atoms. The highest BCUT2D eigenvalue weighted by molar-refractivity contribution is 5.81. The molecule has 0 aromatic carbocycles. The van der Waals surface area contributed by atoms with Gasteiger partial charge in [0.25, 0.3) is 0 Å². The zero-order valence-corrected chi connectivity index (χ0v) is 10.3. The molecule has 1 aliphatic heterocycles. The van der Waals surface area contributed by atoms with Gasteiger partial charge in [-0.1, -0.05) is 0 Å². The van der Waals surface area contributed by atoms with Crippen molar-refractivity contribution in [2.24, 2.45) is 0 Å². The van der Waals surface area contributed by atoms with Gasteiger partial charge in [0.15, 0.2) is 17.7 Å². The van der Waals surface area contributed by atoms with Gasteiger partial charge in [0, 0.05) is 0 Å². The van der Waals surface area contributed by atoms with Crippen LogP contribution in [0, 0.1) is 0 Å². The fourth-order valence-corrected chi connectivity index (χ4v) is 2.17. The number of nitrogens with two attached hydrogens (primary N) is 1. The number of hydrogen-bond donors (Lipinski definition) is 4. The van der Waals surface area contributed by atoms with E-state index in [0.29, 0.717) is 11.2 Å². The molecule has 10 nitrogen and oxygen atoms in total. The van der Waals surface area contributed by atoms with Crippen LogP contribution in [0.25, 0.3) is 11.2 Å². The third-order valence-electron chi connectivity index (χ3n) is 3.18. The predicted octanol–water partition coefficient (Wildman–Crippen LogP) is -2.80. The zero-order valence-electron chi connectivity index (χ0n) is 10.3. The number of aliphatic hydroxyl groups excluding tert-OH is 3. The largest absolute Gasteiger partial charge is 0.412 e. The average molecular weight is 285 g/mol. The van der Waals surface area contributed by atoms with Crippen molar-refractivity contribution >= 4 is 17.0 Å². The Bertz CT molecular complexity index is 605. The van der Waals surface area contributed by atoms with Gasteiger partial charge in [-0.25, -0.2) is 15.0 Å². The van der Waals surface area contributed by atoms with Crippen molar-refractivity contribution in [1.29, 1.82) is 0 Å². The van der Waals surface area contributed by atoms with Crippen LogP contribution in [0.2, 0.25) is 0 Å². The molecule has 7 N–H and O–H groups in total. The molecule has 0 aliphatic carbocycles. The van der Waals surface area contributed by atoms with Gasteiger partial charge in [0.2, 0.25) is 0 Å². The maximum absolute atomic E-state index is 9.95. The minimum absolute atomic E-state index is 0. The minimum Gasteiger partial charge on any atom is -0.412 e. The third-order valence-corrected chi connectivity index (χ3v) is 3.18. The highest BCUT2D eigenvalue weighted by Gasteiger charge is 2.43. The standard InChI is InChI=1S/C10H13N5O4.H2O/c11-8-5-9(13-2-12-8)15(3-14-5)10-7(18)6(17)4(1-16)19-10;/h2-4,6-7,10,16-18H,1H2,(H2,11,12,13);1H2/t4-,6?,7?,10-;/m1./s1. The summed E-state index contributed by atoms with van der Waals surface area (Å²) in [5, 5.41) is 28.7. The van der Waals surface area contributed by atoms with Crippen molar-refractivity contribution in [3.63, 3.8) is 0 Å². The Labute approximate surface area is 112 Å². The van der Waals surface area contributed by atoms with Gasteiger partial charge in [-0.15, -0.1) is 0 Å². The molecule has 1 aliphatic rings. The molecule has 0 bridgehead atoms. The molecule has 3 rings (SSSR count). The molecule has 0 saturated carbocycles. The van der Waals surface area contributed by atoms with Gasteiger partial charge in [0.05, 0.1) is 12.9 Å². The van der Waals surface area contributed by atoms with Gasteiger partial charge in [0.1, 0.15) is 30.2 Å². The van der Waals surface area contributed by atoms with E-state index in [2.05, 4.69) is 15.0 Å². The Hall–Kier alpha value is -1.85. The Morgan fingerprint density at radius 3 is 2.65 bits per heavy atom. The summed E-state index contributed by atoms with van der Waals surface area (Å²) in [6.07, 6.45) is -1.42. The maximum atomic E-state index is 9.95. The summed E-state index contributed by atoms with van der Waals surface area (Å²) in [5.74, 6) is 0.218. The second-order valence-corrected chi connectivity index (χ2v) is 4.31. The normalized spacial score (nSPS) is 29.6. The molecule has 0 spiro atoms. The number of imidazole rings is 1. The molecule has 2 aromatic heterocycles. The van der Waals surface area contributed by atoms with Crippen molar-refractivity contribution < 1.29 is 25.5 Å². The van der Waals surface area contributed by atoms with Gasteiger partial charge >= 0.3 is 0 Å². The van der Waals surface area contributed by atoms with E-state index in [1.54, 1.807) is 0 Å². The summed E-state index contributed by atoms with van der Waals surface area (Å²) < 4.78 is 6.85. The monoisotopic (exact) mass is 285 g/mol. The van der Waals surface area contributed by atoms with E-state index in [-0.39, 0.29) is 11.3 Å². The average Bonchev–Trinajstić information content (AvgIpc) is 2.94. The number of aliphatic hydroxyl groups is 3. The maximum Gasteiger partial charge on any atom is 0.167 e. The summed E-state index contributed by atoms with van der Waals surface area (Å²) in [6, 6.07) is 0. The van der Waals surface area contributed by atoms with E-state index in [1.807, 2.05) is 0 Å². The molecule has 10 heteroatoms. The lowest BCUT2D eigenvalue weighted by atomic mass is 10.1. The van der Waals surface area contributed by atoms with Crippen LogP contribution in [0.3, 0.4) is 0 Å². The highest BCUT2D eigenvalue weighted by atomic mass is 16.6. The number of hydrogen-bond acceptors (Lipinski definition) is 8. The highest BCUT2D eigenvalue weighted by Crippen LogP contribution is 2.31. The molecule has 3 heterocycles.